The molecule has 0 fully saturated rings. The van der Waals surface area contributed by atoms with Gasteiger partial charge in [-0.3, -0.25) is 9.48 Å². The van der Waals surface area contributed by atoms with E-state index >= 15 is 0 Å². The summed E-state index contributed by atoms with van der Waals surface area (Å²) in [7, 11) is 1.82. The number of fused-ring (bicyclic) bond motifs is 1. The molecule has 2 rings (SSSR count). The minimum absolute atomic E-state index is 0.0128. The van der Waals surface area contributed by atoms with Crippen LogP contribution in [0.3, 0.4) is 0 Å². The van der Waals surface area contributed by atoms with Crippen molar-refractivity contribution in [2.45, 2.75) is 27.7 Å². The third-order valence-corrected chi connectivity index (χ3v) is 3.14. The molecule has 16 heavy (non-hydrogen) atoms. The topological polar surface area (TPSA) is 47.8 Å². The van der Waals surface area contributed by atoms with Gasteiger partial charge in [-0.25, -0.2) is 4.98 Å². The van der Waals surface area contributed by atoms with Crippen LogP contribution in [0.25, 0.3) is 11.0 Å². The molecule has 0 aliphatic rings. The lowest BCUT2D eigenvalue weighted by Gasteiger charge is -2.11. The van der Waals surface area contributed by atoms with E-state index in [9.17, 15) is 4.79 Å². The summed E-state index contributed by atoms with van der Waals surface area (Å²) < 4.78 is 1.67. The zero-order valence-corrected chi connectivity index (χ0v) is 10.2. The van der Waals surface area contributed by atoms with Gasteiger partial charge >= 0.3 is 0 Å². The van der Waals surface area contributed by atoms with Crippen LogP contribution >= 0.6 is 0 Å². The Bertz CT molecular complexity index is 641. The molecule has 84 valence electrons. The van der Waals surface area contributed by atoms with Crippen LogP contribution in [0.4, 0.5) is 0 Å². The summed E-state index contributed by atoms with van der Waals surface area (Å²) in [4.78, 5) is 16.5. The van der Waals surface area contributed by atoms with Crippen LogP contribution in [0.2, 0.25) is 0 Å². The van der Waals surface area contributed by atoms with Crippen molar-refractivity contribution >= 4 is 11.0 Å². The Hall–Kier alpha value is -1.71. The maximum absolute atomic E-state index is 12.0. The van der Waals surface area contributed by atoms with Crippen molar-refractivity contribution in [3.05, 3.63) is 32.7 Å². The van der Waals surface area contributed by atoms with E-state index in [1.807, 2.05) is 27.8 Å². The van der Waals surface area contributed by atoms with Gasteiger partial charge in [-0.1, -0.05) is 0 Å². The first kappa shape index (κ1) is 10.8. The van der Waals surface area contributed by atoms with Crippen LogP contribution < -0.4 is 5.43 Å². The van der Waals surface area contributed by atoms with E-state index in [2.05, 4.69) is 10.1 Å². The van der Waals surface area contributed by atoms with Crippen molar-refractivity contribution in [2.75, 3.05) is 0 Å². The second kappa shape index (κ2) is 3.40. The largest absolute Gasteiger partial charge is 0.287 e. The normalized spacial score (nSPS) is 11.1. The molecule has 0 spiro atoms. The number of aryl methyl sites for hydroxylation is 4. The molecule has 0 unspecified atom stereocenters. The molecule has 0 aromatic carbocycles. The van der Waals surface area contributed by atoms with Crippen molar-refractivity contribution in [3.63, 3.8) is 0 Å². The average Bonchev–Trinajstić information content (AvgIpc) is 2.22. The summed E-state index contributed by atoms with van der Waals surface area (Å²) in [6.45, 7) is 7.64. The van der Waals surface area contributed by atoms with E-state index in [0.29, 0.717) is 16.7 Å². The third kappa shape index (κ3) is 1.33. The highest BCUT2D eigenvalue weighted by atomic mass is 16.1. The predicted octanol–water partition coefficient (Wildman–Crippen LogP) is 1.56. The van der Waals surface area contributed by atoms with Gasteiger partial charge in [0.2, 0.25) is 5.43 Å². The molecule has 0 atom stereocenters. The fourth-order valence-corrected chi connectivity index (χ4v) is 1.93. The van der Waals surface area contributed by atoms with E-state index < -0.39 is 0 Å². The zero-order chi connectivity index (χ0) is 12.0. The van der Waals surface area contributed by atoms with Gasteiger partial charge in [0, 0.05) is 12.7 Å². The molecule has 2 aromatic rings. The Balaban J connectivity index is 3.14. The monoisotopic (exact) mass is 217 g/mol. The van der Waals surface area contributed by atoms with Gasteiger partial charge in [-0.05, 0) is 38.8 Å². The lowest BCUT2D eigenvalue weighted by Crippen LogP contribution is -2.17. The first-order chi connectivity index (χ1) is 7.43. The lowest BCUT2D eigenvalue weighted by molar-refractivity contribution is 0.740. The molecule has 2 heterocycles. The highest BCUT2D eigenvalue weighted by Crippen LogP contribution is 2.18. The molecule has 0 bridgehead atoms. The number of hydrogen-bond acceptors (Lipinski definition) is 3. The van der Waals surface area contributed by atoms with Gasteiger partial charge in [-0.15, -0.1) is 0 Å². The second-order valence-corrected chi connectivity index (χ2v) is 4.18. The summed E-state index contributed by atoms with van der Waals surface area (Å²) >= 11 is 0. The molecule has 0 aliphatic carbocycles. The summed E-state index contributed by atoms with van der Waals surface area (Å²) in [6.07, 6.45) is 0. The molecule has 0 N–H and O–H groups in total. The van der Waals surface area contributed by atoms with Crippen LogP contribution in [0, 0.1) is 27.7 Å². The molecule has 4 heteroatoms. The van der Waals surface area contributed by atoms with Gasteiger partial charge in [0.15, 0.2) is 5.65 Å². The van der Waals surface area contributed by atoms with Crippen molar-refractivity contribution in [2.24, 2.45) is 7.05 Å². The molecular formula is C12H15N3O. The first-order valence-corrected chi connectivity index (χ1v) is 5.25. The fraction of sp³-hybridized carbons (Fsp3) is 0.417. The summed E-state index contributed by atoms with van der Waals surface area (Å²) in [5, 5.41) is 4.85. The molecule has 2 aromatic heterocycles. The Morgan fingerprint density at radius 1 is 1.00 bits per heavy atom. The number of pyridine rings is 1. The van der Waals surface area contributed by atoms with E-state index in [4.69, 9.17) is 0 Å². The van der Waals surface area contributed by atoms with Crippen LogP contribution in [-0.2, 0) is 7.05 Å². The summed E-state index contributed by atoms with van der Waals surface area (Å²) in [5.41, 5.74) is 4.20. The first-order valence-electron chi connectivity index (χ1n) is 5.25. The summed E-state index contributed by atoms with van der Waals surface area (Å²) in [5.74, 6) is 0. The van der Waals surface area contributed by atoms with Crippen LogP contribution in [0.15, 0.2) is 4.79 Å². The van der Waals surface area contributed by atoms with E-state index in [0.717, 1.165) is 16.8 Å². The Morgan fingerprint density at radius 3 is 2.25 bits per heavy atom. The van der Waals surface area contributed by atoms with E-state index in [1.54, 1.807) is 11.6 Å². The molecule has 0 saturated heterocycles. The maximum atomic E-state index is 12.0. The van der Waals surface area contributed by atoms with Gasteiger partial charge in [0.1, 0.15) is 5.69 Å². The molecule has 0 radical (unpaired) electrons. The minimum Gasteiger partial charge on any atom is -0.287 e. The van der Waals surface area contributed by atoms with Crippen LogP contribution in [-0.4, -0.2) is 14.8 Å². The Labute approximate surface area is 93.9 Å². The highest BCUT2D eigenvalue weighted by molar-refractivity contribution is 5.80. The van der Waals surface area contributed by atoms with Crippen molar-refractivity contribution < 1.29 is 0 Å². The highest BCUT2D eigenvalue weighted by Gasteiger charge is 2.12. The minimum atomic E-state index is -0.0128. The maximum Gasteiger partial charge on any atom is 0.212 e. The van der Waals surface area contributed by atoms with Gasteiger partial charge in [0.05, 0.1) is 5.39 Å². The van der Waals surface area contributed by atoms with Gasteiger partial charge in [0.25, 0.3) is 0 Å². The van der Waals surface area contributed by atoms with E-state index in [-0.39, 0.29) is 5.43 Å². The molecule has 0 saturated carbocycles. The Morgan fingerprint density at radius 2 is 1.62 bits per heavy atom. The van der Waals surface area contributed by atoms with Crippen LogP contribution in [0.5, 0.6) is 0 Å². The van der Waals surface area contributed by atoms with Crippen LogP contribution in [0.1, 0.15) is 22.5 Å². The van der Waals surface area contributed by atoms with Crippen molar-refractivity contribution in [1.82, 2.24) is 14.8 Å². The SMILES string of the molecule is Cc1nc2c(c(C)c1C)c(=O)c(C)nn2C. The number of nitrogens with zero attached hydrogens (tertiary/aromatic N) is 3. The summed E-state index contributed by atoms with van der Waals surface area (Å²) in [6, 6.07) is 0. The number of aromatic nitrogens is 3. The molecule has 0 aliphatic heterocycles. The molecule has 4 nitrogen and oxygen atoms in total. The standard InChI is InChI=1S/C12H15N3O/c1-6-7(2)10-11(16)9(4)14-15(5)12(10)13-8(6)3/h1-5H3. The lowest BCUT2D eigenvalue weighted by atomic mass is 10.0. The number of hydrogen-bond donors (Lipinski definition) is 0. The second-order valence-electron chi connectivity index (χ2n) is 4.18. The van der Waals surface area contributed by atoms with Crippen molar-refractivity contribution in [1.29, 1.82) is 0 Å². The predicted molar refractivity (Wildman–Crippen MR) is 63.7 cm³/mol. The average molecular weight is 217 g/mol. The van der Waals surface area contributed by atoms with Gasteiger partial charge in [-0.2, -0.15) is 5.10 Å². The number of rotatable bonds is 0. The fourth-order valence-electron chi connectivity index (χ4n) is 1.93. The van der Waals surface area contributed by atoms with Crippen molar-refractivity contribution in [3.8, 4) is 0 Å². The zero-order valence-electron chi connectivity index (χ0n) is 10.2. The quantitative estimate of drug-likeness (QED) is 0.673. The van der Waals surface area contributed by atoms with E-state index in [1.165, 1.54) is 0 Å². The van der Waals surface area contributed by atoms with Gasteiger partial charge < -0.3 is 0 Å². The smallest absolute Gasteiger partial charge is 0.212 e. The molecule has 0 amide bonds. The molecular weight excluding hydrogens is 202 g/mol. The third-order valence-electron chi connectivity index (χ3n) is 3.14. The Kier molecular flexibility index (Phi) is 2.30.